The van der Waals surface area contributed by atoms with Crippen LogP contribution in [0.5, 0.6) is 5.75 Å². The van der Waals surface area contributed by atoms with Crippen LogP contribution in [0.15, 0.2) is 65.1 Å². The van der Waals surface area contributed by atoms with Gasteiger partial charge < -0.3 is 15.2 Å². The molecule has 0 heterocycles. The molecule has 0 radical (unpaired) electrons. The van der Waals surface area contributed by atoms with E-state index in [4.69, 9.17) is 21.4 Å². The van der Waals surface area contributed by atoms with Crippen molar-refractivity contribution in [3.63, 3.8) is 0 Å². The van der Waals surface area contributed by atoms with Crippen LogP contribution in [0.2, 0.25) is 5.02 Å². The molecule has 0 aromatic heterocycles. The van der Waals surface area contributed by atoms with E-state index in [2.05, 4.69) is 21.2 Å². The van der Waals surface area contributed by atoms with Gasteiger partial charge in [-0.15, -0.1) is 0 Å². The molecule has 3 aromatic carbocycles. The number of hydrogen-bond donors (Lipinski definition) is 2. The van der Waals surface area contributed by atoms with E-state index in [1.54, 1.807) is 18.2 Å². The van der Waals surface area contributed by atoms with Crippen LogP contribution in [0.3, 0.4) is 0 Å². The Kier molecular flexibility index (Phi) is 6.60. The average Bonchev–Trinajstić information content (AvgIpc) is 2.67. The van der Waals surface area contributed by atoms with Crippen molar-refractivity contribution in [2.24, 2.45) is 0 Å². The molecule has 3 aromatic rings. The normalized spacial score (nSPS) is 10.5. The molecular formula is C22H19BrClNO3. The van der Waals surface area contributed by atoms with Crippen molar-refractivity contribution >= 4 is 39.2 Å². The van der Waals surface area contributed by atoms with E-state index >= 15 is 0 Å². The second kappa shape index (κ2) is 9.13. The number of carbonyl (C=O) groups is 1. The van der Waals surface area contributed by atoms with Crippen LogP contribution in [0.25, 0.3) is 0 Å². The molecule has 6 heteroatoms. The number of carboxylic acid groups (broad SMARTS) is 1. The lowest BCUT2D eigenvalue weighted by Gasteiger charge is -2.15. The molecular weight excluding hydrogens is 442 g/mol. The molecule has 0 aliphatic heterocycles. The van der Waals surface area contributed by atoms with Gasteiger partial charge in [0.2, 0.25) is 0 Å². The van der Waals surface area contributed by atoms with E-state index in [0.717, 1.165) is 32.6 Å². The van der Waals surface area contributed by atoms with Crippen molar-refractivity contribution in [1.82, 2.24) is 0 Å². The summed E-state index contributed by atoms with van der Waals surface area (Å²) in [6, 6.07) is 18.5. The highest BCUT2D eigenvalue weighted by Crippen LogP contribution is 2.27. The Morgan fingerprint density at radius 1 is 1.11 bits per heavy atom. The van der Waals surface area contributed by atoms with E-state index in [9.17, 15) is 4.79 Å². The minimum Gasteiger partial charge on any atom is -0.488 e. The van der Waals surface area contributed by atoms with Crippen molar-refractivity contribution in [1.29, 1.82) is 0 Å². The smallest absolute Gasteiger partial charge is 0.335 e. The summed E-state index contributed by atoms with van der Waals surface area (Å²) in [5, 5.41) is 13.1. The number of hydrogen-bond acceptors (Lipinski definition) is 3. The molecule has 0 fully saturated rings. The quantitative estimate of drug-likeness (QED) is 0.434. The monoisotopic (exact) mass is 459 g/mol. The highest BCUT2D eigenvalue weighted by molar-refractivity contribution is 9.10. The Balaban J connectivity index is 1.74. The molecule has 144 valence electrons. The number of nitrogens with one attached hydrogen (secondary N) is 1. The average molecular weight is 461 g/mol. The lowest BCUT2D eigenvalue weighted by atomic mass is 10.1. The Hall–Kier alpha value is -2.50. The molecule has 0 unspecified atom stereocenters. The molecule has 0 atom stereocenters. The lowest BCUT2D eigenvalue weighted by Crippen LogP contribution is -2.06. The van der Waals surface area contributed by atoms with Crippen molar-refractivity contribution in [2.75, 3.05) is 5.32 Å². The van der Waals surface area contributed by atoms with Gasteiger partial charge in [-0.2, -0.15) is 0 Å². The van der Waals surface area contributed by atoms with E-state index in [1.165, 1.54) is 0 Å². The van der Waals surface area contributed by atoms with Gasteiger partial charge in [-0.25, -0.2) is 4.79 Å². The molecule has 0 bridgehead atoms. The van der Waals surface area contributed by atoms with Crippen molar-refractivity contribution in [3.05, 3.63) is 92.4 Å². The topological polar surface area (TPSA) is 58.6 Å². The number of aryl methyl sites for hydroxylation is 1. The molecule has 0 aliphatic rings. The zero-order chi connectivity index (χ0) is 20.1. The Morgan fingerprint density at radius 2 is 1.89 bits per heavy atom. The first-order chi connectivity index (χ1) is 13.4. The van der Waals surface area contributed by atoms with Gasteiger partial charge in [0, 0.05) is 32.9 Å². The zero-order valence-electron chi connectivity index (χ0n) is 15.2. The second-order valence-corrected chi connectivity index (χ2v) is 7.64. The molecule has 0 spiro atoms. The molecule has 0 saturated carbocycles. The molecule has 2 N–H and O–H groups in total. The maximum atomic E-state index is 11.1. The summed E-state index contributed by atoms with van der Waals surface area (Å²) in [6.07, 6.45) is 0. The number of halogens is 2. The van der Waals surface area contributed by atoms with Gasteiger partial charge in [-0.1, -0.05) is 45.7 Å². The fourth-order valence-corrected chi connectivity index (χ4v) is 3.38. The minimum absolute atomic E-state index is 0.272. The van der Waals surface area contributed by atoms with Crippen LogP contribution < -0.4 is 10.1 Å². The van der Waals surface area contributed by atoms with Gasteiger partial charge in [0.1, 0.15) is 12.4 Å². The predicted octanol–water partition coefficient (Wildman–Crippen LogP) is 6.30. The number of rotatable bonds is 7. The molecule has 4 nitrogen and oxygen atoms in total. The number of anilines is 1. The van der Waals surface area contributed by atoms with Crippen LogP contribution in [-0.2, 0) is 13.2 Å². The van der Waals surface area contributed by atoms with Gasteiger partial charge in [-0.3, -0.25) is 0 Å². The van der Waals surface area contributed by atoms with Crippen LogP contribution >= 0.6 is 27.5 Å². The Bertz CT molecular complexity index is 1010. The highest BCUT2D eigenvalue weighted by Gasteiger charge is 2.09. The number of benzene rings is 3. The fourth-order valence-electron chi connectivity index (χ4n) is 2.78. The van der Waals surface area contributed by atoms with Crippen molar-refractivity contribution < 1.29 is 14.6 Å². The van der Waals surface area contributed by atoms with Gasteiger partial charge in [-0.05, 0) is 55.0 Å². The maximum absolute atomic E-state index is 11.1. The van der Waals surface area contributed by atoms with E-state index in [0.29, 0.717) is 18.2 Å². The standard InChI is InChI=1S/C22H19BrClNO3/c1-14-10-15(22(26)27)6-8-20(14)25-12-17-11-18(23)7-9-21(17)28-13-16-4-2-3-5-19(16)24/h2-11,25H,12-13H2,1H3,(H,26,27). The van der Waals surface area contributed by atoms with Crippen molar-refractivity contribution in [2.45, 2.75) is 20.1 Å². The third kappa shape index (κ3) is 5.06. The van der Waals surface area contributed by atoms with E-state index < -0.39 is 5.97 Å². The molecule has 0 amide bonds. The highest BCUT2D eigenvalue weighted by atomic mass is 79.9. The third-order valence-corrected chi connectivity index (χ3v) is 5.17. The number of carboxylic acids is 1. The van der Waals surface area contributed by atoms with Crippen LogP contribution in [0.4, 0.5) is 5.69 Å². The predicted molar refractivity (Wildman–Crippen MR) is 115 cm³/mol. The molecule has 0 aliphatic carbocycles. The third-order valence-electron chi connectivity index (χ3n) is 4.31. The van der Waals surface area contributed by atoms with E-state index in [-0.39, 0.29) is 5.56 Å². The molecule has 3 rings (SSSR count). The molecule has 0 saturated heterocycles. The first-order valence-electron chi connectivity index (χ1n) is 8.66. The summed E-state index contributed by atoms with van der Waals surface area (Å²) in [4.78, 5) is 11.1. The molecule has 28 heavy (non-hydrogen) atoms. The van der Waals surface area contributed by atoms with Gasteiger partial charge >= 0.3 is 5.97 Å². The summed E-state index contributed by atoms with van der Waals surface area (Å²) in [6.45, 7) is 2.79. The van der Waals surface area contributed by atoms with Gasteiger partial charge in [0.25, 0.3) is 0 Å². The summed E-state index contributed by atoms with van der Waals surface area (Å²) in [5.41, 5.74) is 3.92. The van der Waals surface area contributed by atoms with Gasteiger partial charge in [0.05, 0.1) is 5.56 Å². The summed E-state index contributed by atoms with van der Waals surface area (Å²) in [5.74, 6) is -0.174. The summed E-state index contributed by atoms with van der Waals surface area (Å²) >= 11 is 9.71. The summed E-state index contributed by atoms with van der Waals surface area (Å²) in [7, 11) is 0. The number of aromatic carboxylic acids is 1. The van der Waals surface area contributed by atoms with Crippen LogP contribution in [0, 0.1) is 6.92 Å². The SMILES string of the molecule is Cc1cc(C(=O)O)ccc1NCc1cc(Br)ccc1OCc1ccccc1Cl. The van der Waals surface area contributed by atoms with Crippen molar-refractivity contribution in [3.8, 4) is 5.75 Å². The fraction of sp³-hybridized carbons (Fsp3) is 0.136. The minimum atomic E-state index is -0.933. The van der Waals surface area contributed by atoms with Crippen LogP contribution in [0.1, 0.15) is 27.0 Å². The van der Waals surface area contributed by atoms with E-state index in [1.807, 2.05) is 49.4 Å². The second-order valence-electron chi connectivity index (χ2n) is 6.32. The number of ether oxygens (including phenoxy) is 1. The van der Waals surface area contributed by atoms with Gasteiger partial charge in [0.15, 0.2) is 0 Å². The Labute approximate surface area is 177 Å². The zero-order valence-corrected chi connectivity index (χ0v) is 17.5. The Morgan fingerprint density at radius 3 is 2.61 bits per heavy atom. The largest absolute Gasteiger partial charge is 0.488 e. The lowest BCUT2D eigenvalue weighted by molar-refractivity contribution is 0.0697. The first-order valence-corrected chi connectivity index (χ1v) is 9.83. The maximum Gasteiger partial charge on any atom is 0.335 e. The van der Waals surface area contributed by atoms with Crippen LogP contribution in [-0.4, -0.2) is 11.1 Å². The first kappa shape index (κ1) is 20.2. The summed E-state index contributed by atoms with van der Waals surface area (Å²) < 4.78 is 6.96.